The molecule has 2 aromatic heterocycles. The maximum Gasteiger partial charge on any atom is 0.0952 e. The average molecular weight is 653 g/mol. The van der Waals surface area contributed by atoms with Crippen LogP contribution in [0.3, 0.4) is 0 Å². The smallest absolute Gasteiger partial charge is 0.0952 e. The molecule has 6 unspecified atom stereocenters. The lowest BCUT2D eigenvalue weighted by atomic mass is 9.86. The topological polar surface area (TPSA) is 72.7 Å². The molecule has 6 heteroatoms. The standard InChI is InChI=1S/C43H48N4O2/c1-5-30-13-17-40(42(48)34-19-21-44-38-15-7-28(3)23-36(34)38)46(25-30)26-31-9-11-32(12-10-31)27-47-33(6-2)14-18-41(47)43(49)35-20-22-45-39-16-8-29(4)24-37(35)39/h5-12,15-16,19-24,30,33,40-43,48-49H,1-2,13-14,17-18,25-27H2,3-4H3. The number of aryl methyl sites for hydroxylation is 2. The Balaban J connectivity index is 1.09. The molecule has 4 heterocycles. The van der Waals surface area contributed by atoms with Gasteiger partial charge in [0.2, 0.25) is 0 Å². The van der Waals surface area contributed by atoms with Crippen molar-refractivity contribution in [3.8, 4) is 0 Å². The van der Waals surface area contributed by atoms with Crippen molar-refractivity contribution in [2.45, 2.75) is 83.0 Å². The first-order valence-electron chi connectivity index (χ1n) is 17.7. The highest BCUT2D eigenvalue weighted by atomic mass is 16.3. The van der Waals surface area contributed by atoms with Crippen molar-refractivity contribution in [2.75, 3.05) is 6.54 Å². The van der Waals surface area contributed by atoms with Gasteiger partial charge in [0.15, 0.2) is 0 Å². The summed E-state index contributed by atoms with van der Waals surface area (Å²) in [5, 5.41) is 25.8. The summed E-state index contributed by atoms with van der Waals surface area (Å²) in [6.07, 6.45) is 10.3. The lowest BCUT2D eigenvalue weighted by Gasteiger charge is -2.41. The highest BCUT2D eigenvalue weighted by Gasteiger charge is 2.38. The number of likely N-dealkylation sites (tertiary alicyclic amines) is 2. The Morgan fingerprint density at radius 3 is 1.82 bits per heavy atom. The van der Waals surface area contributed by atoms with Crippen LogP contribution in [0.2, 0.25) is 0 Å². The van der Waals surface area contributed by atoms with Crippen molar-refractivity contribution >= 4 is 21.8 Å². The van der Waals surface area contributed by atoms with Gasteiger partial charge < -0.3 is 10.2 Å². The number of aromatic nitrogens is 2. The molecule has 3 aromatic carbocycles. The number of hydrogen-bond acceptors (Lipinski definition) is 6. The van der Waals surface area contributed by atoms with Crippen LogP contribution in [-0.2, 0) is 13.1 Å². The van der Waals surface area contributed by atoms with Crippen LogP contribution in [0.25, 0.3) is 21.8 Å². The maximum absolute atomic E-state index is 11.9. The molecule has 0 aliphatic carbocycles. The third-order valence-electron chi connectivity index (χ3n) is 11.0. The summed E-state index contributed by atoms with van der Waals surface area (Å²) in [4.78, 5) is 14.0. The van der Waals surface area contributed by atoms with Crippen molar-refractivity contribution in [1.29, 1.82) is 0 Å². The van der Waals surface area contributed by atoms with E-state index < -0.39 is 12.2 Å². The molecule has 2 saturated heterocycles. The molecule has 6 atom stereocenters. The SMILES string of the molecule is C=CC1CCC(C(O)c2ccnc3ccc(C)cc23)N(Cc2ccc(CN3C(C=C)CCC3C(O)c3ccnc4ccc(C)cc34)cc2)C1. The van der Waals surface area contributed by atoms with Crippen molar-refractivity contribution in [3.63, 3.8) is 0 Å². The summed E-state index contributed by atoms with van der Waals surface area (Å²) in [5.74, 6) is 0.398. The molecule has 0 saturated carbocycles. The zero-order valence-electron chi connectivity index (χ0n) is 28.7. The van der Waals surface area contributed by atoms with Crippen molar-refractivity contribution in [1.82, 2.24) is 19.8 Å². The Morgan fingerprint density at radius 2 is 1.24 bits per heavy atom. The number of rotatable bonds is 10. The summed E-state index contributed by atoms with van der Waals surface area (Å²) in [7, 11) is 0. The van der Waals surface area contributed by atoms with Gasteiger partial charge in [0, 0.05) is 60.9 Å². The first kappa shape index (κ1) is 33.3. The highest BCUT2D eigenvalue weighted by molar-refractivity contribution is 5.84. The number of pyridine rings is 2. The van der Waals surface area contributed by atoms with E-state index in [-0.39, 0.29) is 18.1 Å². The third-order valence-corrected chi connectivity index (χ3v) is 11.0. The fourth-order valence-corrected chi connectivity index (χ4v) is 8.26. The Morgan fingerprint density at radius 1 is 0.694 bits per heavy atom. The molecule has 2 N–H and O–H groups in total. The lowest BCUT2D eigenvalue weighted by Crippen LogP contribution is -2.45. The molecule has 0 radical (unpaired) electrons. The number of fused-ring (bicyclic) bond motifs is 2. The van der Waals surface area contributed by atoms with Gasteiger partial charge in [-0.15, -0.1) is 13.2 Å². The van der Waals surface area contributed by atoms with Gasteiger partial charge in [-0.3, -0.25) is 19.8 Å². The maximum atomic E-state index is 11.9. The van der Waals surface area contributed by atoms with Crippen LogP contribution in [0.15, 0.2) is 111 Å². The van der Waals surface area contributed by atoms with Crippen LogP contribution in [-0.4, -0.2) is 54.7 Å². The Kier molecular flexibility index (Phi) is 9.75. The van der Waals surface area contributed by atoms with Gasteiger partial charge in [-0.1, -0.05) is 59.7 Å². The van der Waals surface area contributed by atoms with Crippen LogP contribution in [0, 0.1) is 19.8 Å². The molecular formula is C43H48N4O2. The summed E-state index contributed by atoms with van der Waals surface area (Å²) in [6.45, 7) is 14.8. The van der Waals surface area contributed by atoms with E-state index in [1.807, 2.05) is 42.7 Å². The van der Waals surface area contributed by atoms with E-state index in [4.69, 9.17) is 0 Å². The zero-order valence-corrected chi connectivity index (χ0v) is 28.7. The predicted molar refractivity (Wildman–Crippen MR) is 199 cm³/mol. The van der Waals surface area contributed by atoms with Gasteiger partial charge in [-0.05, 0) is 104 Å². The minimum absolute atomic E-state index is 0.00441. The van der Waals surface area contributed by atoms with Crippen molar-refractivity contribution < 1.29 is 10.2 Å². The number of benzene rings is 3. The van der Waals surface area contributed by atoms with Crippen LogP contribution in [0.4, 0.5) is 0 Å². The van der Waals surface area contributed by atoms with E-state index in [2.05, 4.69) is 101 Å². The van der Waals surface area contributed by atoms with Gasteiger partial charge >= 0.3 is 0 Å². The molecule has 7 rings (SSSR count). The Hall–Kier alpha value is -4.20. The molecule has 0 amide bonds. The zero-order chi connectivity index (χ0) is 34.1. The van der Waals surface area contributed by atoms with Gasteiger partial charge in [-0.25, -0.2) is 0 Å². The molecule has 6 nitrogen and oxygen atoms in total. The van der Waals surface area contributed by atoms with E-state index in [1.54, 1.807) is 0 Å². The van der Waals surface area contributed by atoms with Gasteiger partial charge in [-0.2, -0.15) is 0 Å². The van der Waals surface area contributed by atoms with Crippen molar-refractivity contribution in [2.24, 2.45) is 5.92 Å². The summed E-state index contributed by atoms with van der Waals surface area (Å²) < 4.78 is 0. The normalized spacial score (nSPS) is 23.1. The predicted octanol–water partition coefficient (Wildman–Crippen LogP) is 8.15. The van der Waals surface area contributed by atoms with E-state index in [0.29, 0.717) is 5.92 Å². The number of hydrogen-bond donors (Lipinski definition) is 2. The second kappa shape index (κ2) is 14.3. The first-order valence-corrected chi connectivity index (χ1v) is 17.7. The van der Waals surface area contributed by atoms with Gasteiger partial charge in [0.05, 0.1) is 23.2 Å². The van der Waals surface area contributed by atoms with E-state index in [9.17, 15) is 10.2 Å². The minimum Gasteiger partial charge on any atom is -0.387 e. The van der Waals surface area contributed by atoms with E-state index >= 15 is 0 Å². The molecule has 2 fully saturated rings. The number of nitrogens with zero attached hydrogens (tertiary/aromatic N) is 4. The van der Waals surface area contributed by atoms with E-state index in [0.717, 1.165) is 89.4 Å². The molecule has 0 spiro atoms. The second-order valence-electron chi connectivity index (χ2n) is 14.2. The van der Waals surface area contributed by atoms with Crippen LogP contribution < -0.4 is 0 Å². The minimum atomic E-state index is -0.627. The fraction of sp³-hybridized carbons (Fsp3) is 0.349. The summed E-state index contributed by atoms with van der Waals surface area (Å²) in [6, 6.07) is 25.5. The molecule has 0 bridgehead atoms. The largest absolute Gasteiger partial charge is 0.387 e. The fourth-order valence-electron chi connectivity index (χ4n) is 8.26. The lowest BCUT2D eigenvalue weighted by molar-refractivity contribution is 0.0104. The van der Waals surface area contributed by atoms with Gasteiger partial charge in [0.1, 0.15) is 0 Å². The monoisotopic (exact) mass is 652 g/mol. The van der Waals surface area contributed by atoms with Crippen molar-refractivity contribution in [3.05, 3.63) is 144 Å². The molecule has 49 heavy (non-hydrogen) atoms. The summed E-state index contributed by atoms with van der Waals surface area (Å²) in [5.41, 5.74) is 8.47. The molecule has 2 aliphatic heterocycles. The number of piperidine rings is 1. The second-order valence-corrected chi connectivity index (χ2v) is 14.2. The molecule has 252 valence electrons. The molecule has 2 aliphatic rings. The quantitative estimate of drug-likeness (QED) is 0.148. The first-order chi connectivity index (χ1) is 23.8. The number of aliphatic hydroxyl groups excluding tert-OH is 2. The molecule has 5 aromatic rings. The highest BCUT2D eigenvalue weighted by Crippen LogP contribution is 2.38. The van der Waals surface area contributed by atoms with Crippen LogP contribution in [0.1, 0.15) is 71.3 Å². The van der Waals surface area contributed by atoms with Gasteiger partial charge in [0.25, 0.3) is 0 Å². The van der Waals surface area contributed by atoms with E-state index in [1.165, 1.54) is 11.1 Å². The van der Waals surface area contributed by atoms with Crippen LogP contribution in [0.5, 0.6) is 0 Å². The Labute approximate surface area is 290 Å². The average Bonchev–Trinajstić information content (AvgIpc) is 3.53. The number of aliphatic hydroxyl groups is 2. The Bertz CT molecular complexity index is 1960. The molecular weight excluding hydrogens is 604 g/mol. The third kappa shape index (κ3) is 6.84. The van der Waals surface area contributed by atoms with Crippen LogP contribution >= 0.6 is 0 Å². The summed E-state index contributed by atoms with van der Waals surface area (Å²) >= 11 is 0.